The van der Waals surface area contributed by atoms with Crippen LogP contribution in [-0.2, 0) is 9.59 Å². The number of anilines is 1. The Morgan fingerprint density at radius 2 is 1.61 bits per heavy atom. The van der Waals surface area contributed by atoms with Gasteiger partial charge in [0.15, 0.2) is 5.13 Å². The van der Waals surface area contributed by atoms with Crippen LogP contribution in [0.3, 0.4) is 0 Å². The number of amides is 1. The molecule has 140 valence electrons. The monoisotopic (exact) mass is 390 g/mol. The van der Waals surface area contributed by atoms with Crippen molar-refractivity contribution >= 4 is 33.9 Å². The molecule has 0 spiro atoms. The minimum absolute atomic E-state index is 0.0768. The summed E-state index contributed by atoms with van der Waals surface area (Å²) >= 11 is 1.28. The van der Waals surface area contributed by atoms with Crippen LogP contribution in [0.2, 0.25) is 0 Å². The summed E-state index contributed by atoms with van der Waals surface area (Å²) in [6, 6.07) is 14.0. The summed E-state index contributed by atoms with van der Waals surface area (Å²) in [7, 11) is 0. The zero-order chi connectivity index (χ0) is 19.8. The van der Waals surface area contributed by atoms with Crippen LogP contribution in [0.15, 0.2) is 65.7 Å². The van der Waals surface area contributed by atoms with Crippen LogP contribution in [-0.4, -0.2) is 21.8 Å². The molecule has 0 radical (unpaired) electrons. The van der Waals surface area contributed by atoms with Crippen LogP contribution in [0.1, 0.15) is 28.3 Å². The lowest BCUT2D eigenvalue weighted by molar-refractivity contribution is -0.132. The molecule has 5 nitrogen and oxygen atoms in total. The van der Waals surface area contributed by atoms with Gasteiger partial charge in [0.05, 0.1) is 11.6 Å². The molecule has 1 aromatic heterocycles. The van der Waals surface area contributed by atoms with Gasteiger partial charge in [-0.25, -0.2) is 4.98 Å². The number of hydrogen-bond acceptors (Lipinski definition) is 5. The number of nitrogens with zero attached hydrogens (tertiary/aromatic N) is 2. The predicted octanol–water partition coefficient (Wildman–Crippen LogP) is 4.39. The quantitative estimate of drug-likeness (QED) is 0.409. The molecule has 2 heterocycles. The number of carbonyl (C=O) groups excluding carboxylic acids is 2. The highest BCUT2D eigenvalue weighted by atomic mass is 32.1. The van der Waals surface area contributed by atoms with Gasteiger partial charge in [-0.3, -0.25) is 14.5 Å². The molecule has 1 aliphatic rings. The number of aliphatic hydroxyl groups excluding tert-OH is 1. The van der Waals surface area contributed by atoms with Crippen LogP contribution in [0.5, 0.6) is 0 Å². The van der Waals surface area contributed by atoms with Crippen molar-refractivity contribution in [1.29, 1.82) is 0 Å². The minimum Gasteiger partial charge on any atom is -0.507 e. The van der Waals surface area contributed by atoms with Gasteiger partial charge in [-0.2, -0.15) is 0 Å². The van der Waals surface area contributed by atoms with Gasteiger partial charge in [0, 0.05) is 17.1 Å². The van der Waals surface area contributed by atoms with Gasteiger partial charge >= 0.3 is 5.91 Å². The minimum atomic E-state index is -0.729. The molecular formula is C22H18N2O3S. The Balaban J connectivity index is 1.93. The van der Waals surface area contributed by atoms with Crippen LogP contribution in [0.25, 0.3) is 5.76 Å². The average molecular weight is 390 g/mol. The first kappa shape index (κ1) is 18.1. The second-order valence-corrected chi connectivity index (χ2v) is 7.63. The third kappa shape index (κ3) is 3.01. The molecule has 1 N–H and O–H groups in total. The van der Waals surface area contributed by atoms with Gasteiger partial charge in [-0.1, -0.05) is 59.7 Å². The summed E-state index contributed by atoms with van der Waals surface area (Å²) in [6.07, 6.45) is 1.59. The van der Waals surface area contributed by atoms with E-state index < -0.39 is 17.7 Å². The van der Waals surface area contributed by atoms with Crippen molar-refractivity contribution in [2.24, 2.45) is 0 Å². The van der Waals surface area contributed by atoms with E-state index in [9.17, 15) is 14.7 Å². The summed E-state index contributed by atoms with van der Waals surface area (Å²) in [5.41, 5.74) is 3.42. The second-order valence-electron chi connectivity index (χ2n) is 6.76. The van der Waals surface area contributed by atoms with Gasteiger partial charge in [-0.15, -0.1) is 11.3 Å². The molecule has 0 bridgehead atoms. The van der Waals surface area contributed by atoms with Crippen molar-refractivity contribution in [2.75, 3.05) is 4.90 Å². The van der Waals surface area contributed by atoms with Crippen molar-refractivity contribution in [1.82, 2.24) is 4.98 Å². The van der Waals surface area contributed by atoms with Crippen molar-refractivity contribution in [3.05, 3.63) is 87.9 Å². The topological polar surface area (TPSA) is 70.5 Å². The Hall–Kier alpha value is -3.25. The van der Waals surface area contributed by atoms with Gasteiger partial charge < -0.3 is 5.11 Å². The summed E-state index contributed by atoms with van der Waals surface area (Å²) in [4.78, 5) is 31.4. The molecule has 1 aliphatic heterocycles. The summed E-state index contributed by atoms with van der Waals surface area (Å²) < 4.78 is 0. The lowest BCUT2D eigenvalue weighted by Crippen LogP contribution is -2.29. The van der Waals surface area contributed by atoms with E-state index >= 15 is 0 Å². The molecule has 28 heavy (non-hydrogen) atoms. The molecule has 1 atom stereocenters. The number of carbonyl (C=O) groups is 2. The highest BCUT2D eigenvalue weighted by Gasteiger charge is 2.47. The van der Waals surface area contributed by atoms with E-state index in [1.165, 1.54) is 16.2 Å². The molecule has 0 saturated carbocycles. The summed E-state index contributed by atoms with van der Waals surface area (Å²) in [5.74, 6) is -1.57. The predicted molar refractivity (Wildman–Crippen MR) is 109 cm³/mol. The van der Waals surface area contributed by atoms with Crippen LogP contribution in [0, 0.1) is 13.8 Å². The molecule has 6 heteroatoms. The molecule has 1 fully saturated rings. The van der Waals surface area contributed by atoms with Crippen LogP contribution < -0.4 is 4.90 Å². The molecule has 0 aliphatic carbocycles. The first-order valence-electron chi connectivity index (χ1n) is 8.81. The maximum atomic E-state index is 12.9. The molecule has 1 amide bonds. The number of rotatable bonds is 3. The van der Waals surface area contributed by atoms with E-state index in [1.807, 2.05) is 50.2 Å². The van der Waals surface area contributed by atoms with Crippen molar-refractivity contribution < 1.29 is 14.7 Å². The zero-order valence-corrected chi connectivity index (χ0v) is 16.2. The van der Waals surface area contributed by atoms with Crippen LogP contribution >= 0.6 is 11.3 Å². The number of aryl methyl sites for hydroxylation is 2. The Kier molecular flexibility index (Phi) is 4.57. The normalized spacial score (nSPS) is 18.6. The number of ketones is 1. The molecule has 3 aromatic rings. The molecular weight excluding hydrogens is 372 g/mol. The van der Waals surface area contributed by atoms with Gasteiger partial charge in [0.1, 0.15) is 5.76 Å². The smallest absolute Gasteiger partial charge is 0.301 e. The molecule has 0 unspecified atom stereocenters. The van der Waals surface area contributed by atoms with E-state index in [0.717, 1.165) is 16.7 Å². The van der Waals surface area contributed by atoms with Crippen molar-refractivity contribution in [3.63, 3.8) is 0 Å². The van der Waals surface area contributed by atoms with Gasteiger partial charge in [0.2, 0.25) is 0 Å². The summed E-state index contributed by atoms with van der Waals surface area (Å²) in [6.45, 7) is 3.91. The van der Waals surface area contributed by atoms with Gasteiger partial charge in [-0.05, 0) is 19.4 Å². The first-order valence-corrected chi connectivity index (χ1v) is 9.69. The Morgan fingerprint density at radius 1 is 1.00 bits per heavy atom. The standard InChI is InChI=1S/C22H18N2O3S/c1-13-3-7-15(8-4-13)18-17(19(25)16-9-5-14(2)6-10-16)20(26)21(27)24(18)22-23-11-12-28-22/h3-12,18,25H,1-2H3/t18-/m1/s1. The Labute approximate surface area is 166 Å². The second kappa shape index (κ2) is 7.05. The number of aliphatic hydroxyl groups is 1. The maximum Gasteiger partial charge on any atom is 0.301 e. The fourth-order valence-corrected chi connectivity index (χ4v) is 3.96. The summed E-state index contributed by atoms with van der Waals surface area (Å²) in [5, 5.41) is 13.1. The number of benzene rings is 2. The third-order valence-electron chi connectivity index (χ3n) is 4.79. The lowest BCUT2D eigenvalue weighted by atomic mass is 9.94. The number of thiazole rings is 1. The highest BCUT2D eigenvalue weighted by Crippen LogP contribution is 2.42. The average Bonchev–Trinajstić information content (AvgIpc) is 3.30. The van der Waals surface area contributed by atoms with E-state index in [1.54, 1.807) is 23.7 Å². The number of Topliss-reactive ketones (excluding diaryl/α,β-unsaturated/α-hetero) is 1. The maximum absolute atomic E-state index is 12.9. The lowest BCUT2D eigenvalue weighted by Gasteiger charge is -2.23. The Bertz CT molecular complexity index is 1070. The molecule has 1 saturated heterocycles. The zero-order valence-electron chi connectivity index (χ0n) is 15.4. The van der Waals surface area contributed by atoms with E-state index in [0.29, 0.717) is 10.7 Å². The number of hydrogen-bond donors (Lipinski definition) is 1. The number of aromatic nitrogens is 1. The van der Waals surface area contributed by atoms with E-state index in [4.69, 9.17) is 0 Å². The Morgan fingerprint density at radius 3 is 2.18 bits per heavy atom. The van der Waals surface area contributed by atoms with Crippen LogP contribution in [0.4, 0.5) is 5.13 Å². The van der Waals surface area contributed by atoms with Crippen molar-refractivity contribution in [3.8, 4) is 0 Å². The molecule has 2 aromatic carbocycles. The molecule has 4 rings (SSSR count). The van der Waals surface area contributed by atoms with Gasteiger partial charge in [0.25, 0.3) is 5.78 Å². The third-order valence-corrected chi connectivity index (χ3v) is 5.56. The van der Waals surface area contributed by atoms with Crippen molar-refractivity contribution in [2.45, 2.75) is 19.9 Å². The fourth-order valence-electron chi connectivity index (χ4n) is 3.30. The SMILES string of the molecule is Cc1ccc(C(O)=C2C(=O)C(=O)N(c3nccs3)[C@@H]2c2ccc(C)cc2)cc1. The largest absolute Gasteiger partial charge is 0.507 e. The van der Waals surface area contributed by atoms with E-state index in [2.05, 4.69) is 4.98 Å². The van der Waals surface area contributed by atoms with E-state index in [-0.39, 0.29) is 11.3 Å². The fraction of sp³-hybridized carbons (Fsp3) is 0.136. The first-order chi connectivity index (χ1) is 13.5. The highest BCUT2D eigenvalue weighted by molar-refractivity contribution is 7.14.